The summed E-state index contributed by atoms with van der Waals surface area (Å²) >= 11 is 0. The number of piperidine rings is 1. The van der Waals surface area contributed by atoms with Gasteiger partial charge in [-0.1, -0.05) is 24.3 Å². The number of esters is 1. The Morgan fingerprint density at radius 1 is 0.897 bits per heavy atom. The second kappa shape index (κ2) is 7.50. The quantitative estimate of drug-likeness (QED) is 0.541. The molecule has 4 rings (SSSR count). The predicted molar refractivity (Wildman–Crippen MR) is 105 cm³/mol. The lowest BCUT2D eigenvalue weighted by atomic mass is 9.82. The molecule has 2 aliphatic rings. The Balaban J connectivity index is 1.57. The number of anilines is 1. The van der Waals surface area contributed by atoms with E-state index in [1.807, 2.05) is 0 Å². The first-order valence-electron chi connectivity index (χ1n) is 9.55. The topological polar surface area (TPSA) is 107 Å². The van der Waals surface area contributed by atoms with Crippen molar-refractivity contribution in [1.29, 1.82) is 0 Å². The number of fused-ring (bicyclic) bond motifs is 2. The highest BCUT2D eigenvalue weighted by molar-refractivity contribution is 6.30. The van der Waals surface area contributed by atoms with Crippen molar-refractivity contribution in [3.63, 3.8) is 0 Å². The molecule has 1 aliphatic carbocycles. The van der Waals surface area contributed by atoms with Crippen molar-refractivity contribution in [1.82, 2.24) is 4.90 Å². The first kappa shape index (κ1) is 18.9. The summed E-state index contributed by atoms with van der Waals surface area (Å²) in [7, 11) is 0. The lowest BCUT2D eigenvalue weighted by Gasteiger charge is -2.26. The van der Waals surface area contributed by atoms with Crippen LogP contribution in [0.5, 0.6) is 0 Å². The number of carbonyl (C=O) groups excluding carboxylic acids is 4. The molecule has 0 aromatic heterocycles. The van der Waals surface area contributed by atoms with Crippen molar-refractivity contribution in [3.8, 4) is 0 Å². The molecule has 0 atom stereocenters. The van der Waals surface area contributed by atoms with Gasteiger partial charge in [-0.25, -0.2) is 4.79 Å². The maximum atomic E-state index is 12.9. The van der Waals surface area contributed by atoms with Crippen LogP contribution in [0.3, 0.4) is 0 Å². The minimum absolute atomic E-state index is 0.00510. The molecule has 0 saturated carbocycles. The van der Waals surface area contributed by atoms with Gasteiger partial charge in [-0.05, 0) is 31.4 Å². The molecule has 0 bridgehead atoms. The molecule has 1 fully saturated rings. The maximum Gasteiger partial charge on any atom is 0.340 e. The summed E-state index contributed by atoms with van der Waals surface area (Å²) in [6.45, 7) is 0.936. The van der Waals surface area contributed by atoms with Gasteiger partial charge in [0.05, 0.1) is 16.8 Å². The number of nitrogen functional groups attached to an aromatic ring is 1. The highest BCUT2D eigenvalue weighted by Gasteiger charge is 2.33. The Hall–Kier alpha value is -3.48. The fraction of sp³-hybridized carbons (Fsp3) is 0.273. The van der Waals surface area contributed by atoms with E-state index in [1.54, 1.807) is 29.2 Å². The predicted octanol–water partition coefficient (Wildman–Crippen LogP) is 2.21. The average Bonchev–Trinajstić information content (AvgIpc) is 2.76. The first-order chi connectivity index (χ1) is 14.0. The Morgan fingerprint density at radius 2 is 1.55 bits per heavy atom. The molecule has 148 valence electrons. The van der Waals surface area contributed by atoms with E-state index in [9.17, 15) is 19.2 Å². The Morgan fingerprint density at radius 3 is 2.24 bits per heavy atom. The molecule has 7 nitrogen and oxygen atoms in total. The van der Waals surface area contributed by atoms with Crippen molar-refractivity contribution in [2.45, 2.75) is 19.3 Å². The zero-order valence-electron chi connectivity index (χ0n) is 15.8. The Labute approximate surface area is 167 Å². The van der Waals surface area contributed by atoms with E-state index in [0.29, 0.717) is 18.7 Å². The van der Waals surface area contributed by atoms with E-state index in [1.165, 1.54) is 12.1 Å². The SMILES string of the molecule is Nc1c(C(=O)OCC(=O)N2CCCCC2)ccc2c1C(=O)c1ccccc1C2=O. The summed E-state index contributed by atoms with van der Waals surface area (Å²) in [5.74, 6) is -1.78. The fourth-order valence-corrected chi connectivity index (χ4v) is 3.83. The molecular formula is C22H20N2O5. The zero-order valence-corrected chi connectivity index (χ0v) is 15.8. The molecule has 1 saturated heterocycles. The van der Waals surface area contributed by atoms with Crippen molar-refractivity contribution in [3.05, 3.63) is 64.2 Å². The van der Waals surface area contributed by atoms with Crippen molar-refractivity contribution < 1.29 is 23.9 Å². The summed E-state index contributed by atoms with van der Waals surface area (Å²) in [5.41, 5.74) is 6.69. The molecular weight excluding hydrogens is 372 g/mol. The van der Waals surface area contributed by atoms with Crippen LogP contribution in [0.25, 0.3) is 0 Å². The summed E-state index contributed by atoms with van der Waals surface area (Å²) in [6.07, 6.45) is 2.97. The fourth-order valence-electron chi connectivity index (χ4n) is 3.83. The molecule has 0 radical (unpaired) electrons. The number of hydrogen-bond acceptors (Lipinski definition) is 6. The molecule has 29 heavy (non-hydrogen) atoms. The van der Waals surface area contributed by atoms with Crippen LogP contribution in [0.1, 0.15) is 61.5 Å². The van der Waals surface area contributed by atoms with E-state index in [-0.39, 0.29) is 46.2 Å². The number of amides is 1. The summed E-state index contributed by atoms with van der Waals surface area (Å²) in [5, 5.41) is 0. The number of ether oxygens (including phenoxy) is 1. The van der Waals surface area contributed by atoms with Crippen LogP contribution < -0.4 is 5.73 Å². The third-order valence-corrected chi connectivity index (χ3v) is 5.39. The summed E-state index contributed by atoms with van der Waals surface area (Å²) in [6, 6.07) is 9.26. The van der Waals surface area contributed by atoms with E-state index >= 15 is 0 Å². The molecule has 1 aliphatic heterocycles. The van der Waals surface area contributed by atoms with Gasteiger partial charge in [0.1, 0.15) is 0 Å². The third-order valence-electron chi connectivity index (χ3n) is 5.39. The van der Waals surface area contributed by atoms with Crippen LogP contribution in [-0.2, 0) is 9.53 Å². The van der Waals surface area contributed by atoms with Crippen molar-refractivity contribution >= 4 is 29.1 Å². The minimum atomic E-state index is -0.797. The molecule has 0 spiro atoms. The second-order valence-electron chi connectivity index (χ2n) is 7.17. The number of ketones is 2. The number of likely N-dealkylation sites (tertiary alicyclic amines) is 1. The molecule has 0 unspecified atom stereocenters. The second-order valence-corrected chi connectivity index (χ2v) is 7.17. The molecule has 1 amide bonds. The van der Waals surface area contributed by atoms with Crippen LogP contribution in [-0.4, -0.2) is 48.0 Å². The van der Waals surface area contributed by atoms with Gasteiger partial charge in [-0.3, -0.25) is 14.4 Å². The Bertz CT molecular complexity index is 1040. The monoisotopic (exact) mass is 392 g/mol. The summed E-state index contributed by atoms with van der Waals surface area (Å²) < 4.78 is 5.14. The lowest BCUT2D eigenvalue weighted by Crippen LogP contribution is -2.38. The maximum absolute atomic E-state index is 12.9. The van der Waals surface area contributed by atoms with Gasteiger partial charge in [-0.15, -0.1) is 0 Å². The van der Waals surface area contributed by atoms with Crippen molar-refractivity contribution in [2.75, 3.05) is 25.4 Å². The van der Waals surface area contributed by atoms with Crippen molar-refractivity contribution in [2.24, 2.45) is 0 Å². The van der Waals surface area contributed by atoms with Crippen LogP contribution in [0, 0.1) is 0 Å². The van der Waals surface area contributed by atoms with Crippen LogP contribution >= 0.6 is 0 Å². The summed E-state index contributed by atoms with van der Waals surface area (Å²) in [4.78, 5) is 52.0. The third kappa shape index (κ3) is 3.29. The number of rotatable bonds is 3. The van der Waals surface area contributed by atoms with Gasteiger partial charge < -0.3 is 15.4 Å². The number of carbonyl (C=O) groups is 4. The molecule has 2 N–H and O–H groups in total. The Kier molecular flexibility index (Phi) is 4.88. The largest absolute Gasteiger partial charge is 0.452 e. The van der Waals surface area contributed by atoms with Gasteiger partial charge in [0.2, 0.25) is 0 Å². The highest BCUT2D eigenvalue weighted by atomic mass is 16.5. The normalized spacial score (nSPS) is 15.5. The van der Waals surface area contributed by atoms with Gasteiger partial charge in [0, 0.05) is 29.8 Å². The first-order valence-corrected chi connectivity index (χ1v) is 9.55. The smallest absolute Gasteiger partial charge is 0.340 e. The number of nitrogens with two attached hydrogens (primary N) is 1. The van der Waals surface area contributed by atoms with E-state index < -0.39 is 11.8 Å². The number of benzene rings is 2. The zero-order chi connectivity index (χ0) is 20.5. The van der Waals surface area contributed by atoms with E-state index in [0.717, 1.165) is 19.3 Å². The van der Waals surface area contributed by atoms with Crippen LogP contribution in [0.2, 0.25) is 0 Å². The molecule has 2 aromatic rings. The van der Waals surface area contributed by atoms with Gasteiger partial charge in [0.25, 0.3) is 5.91 Å². The van der Waals surface area contributed by atoms with Crippen LogP contribution in [0.15, 0.2) is 36.4 Å². The van der Waals surface area contributed by atoms with Crippen LogP contribution in [0.4, 0.5) is 5.69 Å². The highest BCUT2D eigenvalue weighted by Crippen LogP contribution is 2.32. The average molecular weight is 392 g/mol. The van der Waals surface area contributed by atoms with Gasteiger partial charge >= 0.3 is 5.97 Å². The van der Waals surface area contributed by atoms with E-state index in [4.69, 9.17) is 10.5 Å². The molecule has 1 heterocycles. The van der Waals surface area contributed by atoms with Gasteiger partial charge in [0.15, 0.2) is 18.2 Å². The minimum Gasteiger partial charge on any atom is -0.452 e. The number of hydrogen-bond donors (Lipinski definition) is 1. The molecule has 7 heteroatoms. The standard InChI is InChI=1S/C22H20N2O5/c23-19-16(22(28)29-12-17(25)24-10-4-1-5-11-24)9-8-15-18(19)21(27)14-7-3-2-6-13(14)20(15)26/h2-3,6-9H,1,4-5,10-12,23H2. The van der Waals surface area contributed by atoms with Gasteiger partial charge in [-0.2, -0.15) is 0 Å². The molecule has 2 aromatic carbocycles. The van der Waals surface area contributed by atoms with E-state index in [2.05, 4.69) is 0 Å². The lowest BCUT2D eigenvalue weighted by molar-refractivity contribution is -0.135. The number of nitrogens with zero attached hydrogens (tertiary/aromatic N) is 1.